The summed E-state index contributed by atoms with van der Waals surface area (Å²) in [4.78, 5) is 4.82. The monoisotopic (exact) mass is 195 g/mol. The Bertz CT molecular complexity index is 209. The summed E-state index contributed by atoms with van der Waals surface area (Å²) < 4.78 is 0. The molecule has 0 aliphatic carbocycles. The molecule has 0 spiro atoms. The van der Waals surface area contributed by atoms with Crippen LogP contribution in [0.15, 0.2) is 0 Å². The van der Waals surface area contributed by atoms with E-state index < -0.39 is 0 Å². The largest absolute Gasteiger partial charge is 0.355 e. The van der Waals surface area contributed by atoms with Gasteiger partial charge in [0.15, 0.2) is 0 Å². The summed E-state index contributed by atoms with van der Waals surface area (Å²) in [5.74, 6) is 0.886. The second-order valence-corrected chi connectivity index (χ2v) is 4.51. The van der Waals surface area contributed by atoms with E-state index in [1.165, 1.54) is 38.9 Å². The molecule has 2 rings (SSSR count). The van der Waals surface area contributed by atoms with Crippen LogP contribution in [0.25, 0.3) is 0 Å². The zero-order chi connectivity index (χ0) is 9.97. The Morgan fingerprint density at radius 2 is 2.14 bits per heavy atom. The molecule has 3 heteroatoms. The molecule has 0 aromatic carbocycles. The Hall–Kier alpha value is -0.570. The first-order valence-corrected chi connectivity index (χ1v) is 5.87. The number of hydrogen-bond donors (Lipinski definition) is 1. The summed E-state index contributed by atoms with van der Waals surface area (Å²) >= 11 is 0. The van der Waals surface area contributed by atoms with Crippen molar-refractivity contribution in [2.45, 2.75) is 38.6 Å². The van der Waals surface area contributed by atoms with Crippen LogP contribution in [0.3, 0.4) is 0 Å². The Morgan fingerprint density at radius 3 is 2.79 bits per heavy atom. The van der Waals surface area contributed by atoms with Crippen LogP contribution in [0.4, 0.5) is 0 Å². The van der Waals surface area contributed by atoms with E-state index in [1.54, 1.807) is 0 Å². The predicted molar refractivity (Wildman–Crippen MR) is 58.8 cm³/mol. The molecule has 0 unspecified atom stereocenters. The van der Waals surface area contributed by atoms with E-state index in [0.29, 0.717) is 6.04 Å². The second kappa shape index (κ2) is 4.30. The number of likely N-dealkylation sites (tertiary alicyclic amines) is 2. The van der Waals surface area contributed by atoms with Crippen LogP contribution in [0.1, 0.15) is 32.6 Å². The van der Waals surface area contributed by atoms with Crippen molar-refractivity contribution in [2.24, 2.45) is 0 Å². The number of hydrogen-bond acceptors (Lipinski definition) is 2. The first-order valence-electron chi connectivity index (χ1n) is 5.87. The molecule has 3 nitrogen and oxygen atoms in total. The molecule has 0 saturated carbocycles. The molecule has 2 aliphatic heterocycles. The smallest absolute Gasteiger partial charge is 0.0961 e. The molecule has 80 valence electrons. The number of rotatable bonds is 3. The highest BCUT2D eigenvalue weighted by Crippen LogP contribution is 2.20. The lowest BCUT2D eigenvalue weighted by atomic mass is 10.0. The van der Waals surface area contributed by atoms with E-state index >= 15 is 0 Å². The van der Waals surface area contributed by atoms with Crippen LogP contribution in [0.5, 0.6) is 0 Å². The third-order valence-corrected chi connectivity index (χ3v) is 3.33. The van der Waals surface area contributed by atoms with Crippen molar-refractivity contribution in [3.8, 4) is 0 Å². The van der Waals surface area contributed by atoms with Gasteiger partial charge < -0.3 is 4.90 Å². The maximum atomic E-state index is 7.89. The van der Waals surface area contributed by atoms with Gasteiger partial charge in [-0.15, -0.1) is 0 Å². The number of nitrogens with one attached hydrogen (secondary N) is 1. The highest BCUT2D eigenvalue weighted by molar-refractivity contribution is 5.80. The molecule has 2 heterocycles. The average molecular weight is 195 g/mol. The van der Waals surface area contributed by atoms with Crippen molar-refractivity contribution in [1.29, 1.82) is 5.41 Å². The van der Waals surface area contributed by atoms with Gasteiger partial charge in [-0.25, -0.2) is 0 Å². The molecule has 0 amide bonds. The summed E-state index contributed by atoms with van der Waals surface area (Å²) in [6, 6.07) is 0.661. The molecule has 0 atom stereocenters. The van der Waals surface area contributed by atoms with Gasteiger partial charge in [0.1, 0.15) is 0 Å². The van der Waals surface area contributed by atoms with Crippen LogP contribution < -0.4 is 0 Å². The molecular formula is C11H21N3. The molecule has 14 heavy (non-hydrogen) atoms. The third-order valence-electron chi connectivity index (χ3n) is 3.33. The van der Waals surface area contributed by atoms with Crippen molar-refractivity contribution in [3.63, 3.8) is 0 Å². The van der Waals surface area contributed by atoms with Gasteiger partial charge in [-0.1, -0.05) is 6.92 Å². The van der Waals surface area contributed by atoms with E-state index in [1.807, 2.05) is 0 Å². The third kappa shape index (κ3) is 1.92. The highest BCUT2D eigenvalue weighted by Gasteiger charge is 2.33. The van der Waals surface area contributed by atoms with E-state index in [2.05, 4.69) is 16.7 Å². The minimum absolute atomic E-state index is 0.661. The Morgan fingerprint density at radius 1 is 1.36 bits per heavy atom. The van der Waals surface area contributed by atoms with Crippen LogP contribution >= 0.6 is 0 Å². The van der Waals surface area contributed by atoms with Gasteiger partial charge in [-0.2, -0.15) is 0 Å². The Kier molecular flexibility index (Phi) is 3.06. The first kappa shape index (κ1) is 9.97. The zero-order valence-electron chi connectivity index (χ0n) is 9.13. The van der Waals surface area contributed by atoms with Gasteiger partial charge in [0.05, 0.1) is 11.9 Å². The van der Waals surface area contributed by atoms with Crippen molar-refractivity contribution in [3.05, 3.63) is 0 Å². The number of nitrogens with zero attached hydrogens (tertiary/aromatic N) is 2. The molecule has 2 saturated heterocycles. The van der Waals surface area contributed by atoms with Gasteiger partial charge in [0, 0.05) is 26.1 Å². The fourth-order valence-electron chi connectivity index (χ4n) is 2.49. The fourth-order valence-corrected chi connectivity index (χ4v) is 2.49. The van der Waals surface area contributed by atoms with E-state index in [4.69, 9.17) is 5.41 Å². The van der Waals surface area contributed by atoms with Gasteiger partial charge in [-0.05, 0) is 25.8 Å². The maximum absolute atomic E-state index is 7.89. The standard InChI is InChI=1S/C11H21N3/c1-2-6-13-8-10(9-13)14-7-4-3-5-11(14)12/h10,12H,2-9H2,1H3. The SMILES string of the molecule is CCCN1CC(N2CCCCC2=N)C1. The van der Waals surface area contributed by atoms with Crippen molar-refractivity contribution >= 4 is 5.84 Å². The van der Waals surface area contributed by atoms with Gasteiger partial charge in [0.2, 0.25) is 0 Å². The summed E-state index contributed by atoms with van der Waals surface area (Å²) in [7, 11) is 0. The average Bonchev–Trinajstić information content (AvgIpc) is 2.12. The summed E-state index contributed by atoms with van der Waals surface area (Å²) in [5.41, 5.74) is 0. The predicted octanol–water partition coefficient (Wildman–Crippen LogP) is 1.54. The molecule has 0 aromatic heterocycles. The van der Waals surface area contributed by atoms with Crippen LogP contribution in [0, 0.1) is 5.41 Å². The van der Waals surface area contributed by atoms with E-state index in [0.717, 1.165) is 18.8 Å². The molecule has 0 radical (unpaired) electrons. The first-order chi connectivity index (χ1) is 6.81. The Balaban J connectivity index is 1.77. The lowest BCUT2D eigenvalue weighted by Gasteiger charge is -2.47. The summed E-state index contributed by atoms with van der Waals surface area (Å²) in [6.07, 6.45) is 4.77. The quantitative estimate of drug-likeness (QED) is 0.740. The van der Waals surface area contributed by atoms with E-state index in [9.17, 15) is 0 Å². The minimum atomic E-state index is 0.661. The van der Waals surface area contributed by atoms with E-state index in [-0.39, 0.29) is 0 Å². The maximum Gasteiger partial charge on any atom is 0.0961 e. The molecule has 2 aliphatic rings. The van der Waals surface area contributed by atoms with Crippen LogP contribution in [-0.4, -0.2) is 47.9 Å². The second-order valence-electron chi connectivity index (χ2n) is 4.51. The molecular weight excluding hydrogens is 174 g/mol. The number of piperidine rings is 1. The summed E-state index contributed by atoms with van der Waals surface area (Å²) in [6.45, 7) is 6.98. The molecule has 1 N–H and O–H groups in total. The van der Waals surface area contributed by atoms with Crippen molar-refractivity contribution < 1.29 is 0 Å². The number of amidine groups is 1. The fraction of sp³-hybridized carbons (Fsp3) is 0.909. The molecule has 0 bridgehead atoms. The lowest BCUT2D eigenvalue weighted by molar-refractivity contribution is 0.0670. The van der Waals surface area contributed by atoms with Crippen molar-refractivity contribution in [2.75, 3.05) is 26.2 Å². The van der Waals surface area contributed by atoms with Gasteiger partial charge in [-0.3, -0.25) is 10.3 Å². The normalized spacial score (nSPS) is 25.2. The van der Waals surface area contributed by atoms with Crippen LogP contribution in [-0.2, 0) is 0 Å². The zero-order valence-corrected chi connectivity index (χ0v) is 9.13. The van der Waals surface area contributed by atoms with Gasteiger partial charge >= 0.3 is 0 Å². The molecule has 0 aromatic rings. The molecule has 2 fully saturated rings. The topological polar surface area (TPSA) is 30.3 Å². The minimum Gasteiger partial charge on any atom is -0.355 e. The summed E-state index contributed by atoms with van der Waals surface area (Å²) in [5, 5.41) is 7.89. The van der Waals surface area contributed by atoms with Gasteiger partial charge in [0.25, 0.3) is 0 Å². The Labute approximate surface area is 86.6 Å². The lowest BCUT2D eigenvalue weighted by Crippen LogP contribution is -2.61. The van der Waals surface area contributed by atoms with Crippen molar-refractivity contribution in [1.82, 2.24) is 9.80 Å². The van der Waals surface area contributed by atoms with Crippen LogP contribution in [0.2, 0.25) is 0 Å². The highest BCUT2D eigenvalue weighted by atomic mass is 15.3.